The van der Waals surface area contributed by atoms with Gasteiger partial charge in [-0.25, -0.2) is 0 Å². The summed E-state index contributed by atoms with van der Waals surface area (Å²) in [6, 6.07) is 0. The first-order chi connectivity index (χ1) is 26.8. The topological polar surface area (TPSA) is 78.9 Å². The normalized spacial score (nSPS) is 12.5. The van der Waals surface area contributed by atoms with E-state index in [9.17, 15) is 14.4 Å². The minimum absolute atomic E-state index is 0.0651. The van der Waals surface area contributed by atoms with Gasteiger partial charge in [0.25, 0.3) is 0 Å². The Morgan fingerprint density at radius 1 is 0.382 bits per heavy atom. The number of hydrogen-bond donors (Lipinski definition) is 0. The lowest BCUT2D eigenvalue weighted by atomic mass is 10.00. The van der Waals surface area contributed by atoms with Crippen molar-refractivity contribution in [3.8, 4) is 0 Å². The number of rotatable bonds is 43. The summed E-state index contributed by atoms with van der Waals surface area (Å²) in [5.41, 5.74) is 0. The van der Waals surface area contributed by atoms with Crippen molar-refractivity contribution in [2.75, 3.05) is 13.2 Å². The highest BCUT2D eigenvalue weighted by Crippen LogP contribution is 2.17. The zero-order chi connectivity index (χ0) is 40.5. The molecule has 2 atom stereocenters. The van der Waals surface area contributed by atoms with Crippen LogP contribution in [-0.2, 0) is 28.6 Å². The molecular weight excluding hydrogens is 685 g/mol. The van der Waals surface area contributed by atoms with Crippen LogP contribution in [0, 0.1) is 11.8 Å². The molecule has 0 aromatic heterocycles. The van der Waals surface area contributed by atoms with E-state index in [0.717, 1.165) is 69.6 Å². The molecule has 0 saturated carbocycles. The minimum atomic E-state index is -0.760. The fraction of sp³-hybridized carbons (Fsp3) is 0.939. The third-order valence-electron chi connectivity index (χ3n) is 11.3. The summed E-state index contributed by atoms with van der Waals surface area (Å²) in [4.78, 5) is 37.7. The molecule has 0 fully saturated rings. The first kappa shape index (κ1) is 53.4. The lowest BCUT2D eigenvalue weighted by Crippen LogP contribution is -2.30. The summed E-state index contributed by atoms with van der Waals surface area (Å²) in [6.45, 7) is 11.3. The van der Waals surface area contributed by atoms with Gasteiger partial charge >= 0.3 is 17.9 Å². The van der Waals surface area contributed by atoms with Gasteiger partial charge in [-0.1, -0.05) is 227 Å². The molecule has 0 heterocycles. The van der Waals surface area contributed by atoms with E-state index < -0.39 is 6.10 Å². The van der Waals surface area contributed by atoms with Crippen LogP contribution in [0.15, 0.2) is 0 Å². The van der Waals surface area contributed by atoms with Gasteiger partial charge in [0, 0.05) is 19.3 Å². The number of hydrogen-bond acceptors (Lipinski definition) is 6. The van der Waals surface area contributed by atoms with Crippen LogP contribution in [0.1, 0.15) is 266 Å². The van der Waals surface area contributed by atoms with Gasteiger partial charge in [-0.2, -0.15) is 0 Å². The van der Waals surface area contributed by atoms with Crippen LogP contribution in [-0.4, -0.2) is 37.2 Å². The summed E-state index contributed by atoms with van der Waals surface area (Å²) in [6.07, 6.45) is 40.9. The average Bonchev–Trinajstić information content (AvgIpc) is 3.17. The van der Waals surface area contributed by atoms with E-state index >= 15 is 0 Å². The summed E-state index contributed by atoms with van der Waals surface area (Å²) in [7, 11) is 0. The first-order valence-electron chi connectivity index (χ1n) is 24.3. The minimum Gasteiger partial charge on any atom is -0.462 e. The second-order valence-electron chi connectivity index (χ2n) is 17.5. The molecule has 55 heavy (non-hydrogen) atoms. The van der Waals surface area contributed by atoms with Crippen LogP contribution in [0.3, 0.4) is 0 Å². The lowest BCUT2D eigenvalue weighted by Gasteiger charge is -2.18. The monoisotopic (exact) mass is 779 g/mol. The van der Waals surface area contributed by atoms with Gasteiger partial charge in [0.15, 0.2) is 6.10 Å². The number of unbranched alkanes of at least 4 members (excludes halogenated alkanes) is 27. The second kappa shape index (κ2) is 42.0. The molecule has 0 radical (unpaired) electrons. The fourth-order valence-electron chi connectivity index (χ4n) is 7.25. The third kappa shape index (κ3) is 41.9. The molecule has 6 nitrogen and oxygen atoms in total. The molecule has 0 rings (SSSR count). The van der Waals surface area contributed by atoms with E-state index in [0.29, 0.717) is 19.3 Å². The van der Waals surface area contributed by atoms with Crippen LogP contribution >= 0.6 is 0 Å². The van der Waals surface area contributed by atoms with Crippen molar-refractivity contribution >= 4 is 17.9 Å². The maximum absolute atomic E-state index is 12.7. The molecule has 0 aromatic rings. The molecule has 326 valence electrons. The highest BCUT2D eigenvalue weighted by Gasteiger charge is 2.19. The Labute approximate surface area is 342 Å². The highest BCUT2D eigenvalue weighted by molar-refractivity contribution is 5.71. The Balaban J connectivity index is 4.25. The molecule has 0 spiro atoms. The Morgan fingerprint density at radius 2 is 0.691 bits per heavy atom. The van der Waals surface area contributed by atoms with Gasteiger partial charge in [-0.15, -0.1) is 0 Å². The van der Waals surface area contributed by atoms with Crippen LogP contribution in [0.4, 0.5) is 0 Å². The van der Waals surface area contributed by atoms with Crippen molar-refractivity contribution < 1.29 is 28.6 Å². The summed E-state index contributed by atoms with van der Waals surface area (Å²) >= 11 is 0. The Kier molecular flexibility index (Phi) is 40.8. The molecule has 6 heteroatoms. The molecule has 0 aromatic carbocycles. The van der Waals surface area contributed by atoms with E-state index in [-0.39, 0.29) is 31.1 Å². The standard InChI is InChI=1S/C49H94O6/c1-6-8-9-10-11-19-23-29-34-39-47(50)53-42-46(43-54-48(51)40-35-30-26-25-28-33-38-45(5)7-2)55-49(52)41-36-31-24-21-18-16-14-12-13-15-17-20-22-27-32-37-44(3)4/h44-46H,6-43H2,1-5H3/t45?,46-/m1/s1. The highest BCUT2D eigenvalue weighted by atomic mass is 16.6. The van der Waals surface area contributed by atoms with Crippen LogP contribution in [0.2, 0.25) is 0 Å². The molecule has 0 aliphatic rings. The molecule has 0 aliphatic carbocycles. The van der Waals surface area contributed by atoms with Crippen molar-refractivity contribution in [1.82, 2.24) is 0 Å². The van der Waals surface area contributed by atoms with Gasteiger partial charge in [0.2, 0.25) is 0 Å². The largest absolute Gasteiger partial charge is 0.462 e. The summed E-state index contributed by atoms with van der Waals surface area (Å²) in [5.74, 6) is 0.804. The van der Waals surface area contributed by atoms with Crippen LogP contribution in [0.5, 0.6) is 0 Å². The fourth-order valence-corrected chi connectivity index (χ4v) is 7.25. The second-order valence-corrected chi connectivity index (χ2v) is 17.5. The number of carbonyl (C=O) groups is 3. The molecule has 0 amide bonds. The lowest BCUT2D eigenvalue weighted by molar-refractivity contribution is -0.167. The first-order valence-corrected chi connectivity index (χ1v) is 24.3. The van der Waals surface area contributed by atoms with E-state index in [4.69, 9.17) is 14.2 Å². The van der Waals surface area contributed by atoms with Gasteiger partial charge in [-0.3, -0.25) is 14.4 Å². The smallest absolute Gasteiger partial charge is 0.306 e. The maximum atomic E-state index is 12.7. The predicted molar refractivity (Wildman–Crippen MR) is 233 cm³/mol. The van der Waals surface area contributed by atoms with Gasteiger partial charge in [0.05, 0.1) is 0 Å². The SMILES string of the molecule is CCCCCCCCCCCC(=O)OC[C@H](COC(=O)CCCCCCCCC(C)CC)OC(=O)CCCCCCCCCCCCCCCCCC(C)C. The Hall–Kier alpha value is -1.59. The molecule has 1 unspecified atom stereocenters. The quantitative estimate of drug-likeness (QED) is 0.0348. The van der Waals surface area contributed by atoms with Crippen LogP contribution in [0.25, 0.3) is 0 Å². The van der Waals surface area contributed by atoms with E-state index in [1.807, 2.05) is 0 Å². The Bertz CT molecular complexity index is 841. The molecule has 0 bridgehead atoms. The van der Waals surface area contributed by atoms with Gasteiger partial charge in [-0.05, 0) is 31.1 Å². The van der Waals surface area contributed by atoms with Gasteiger partial charge < -0.3 is 14.2 Å². The zero-order valence-electron chi connectivity index (χ0n) is 37.6. The van der Waals surface area contributed by atoms with Crippen molar-refractivity contribution in [2.24, 2.45) is 11.8 Å². The van der Waals surface area contributed by atoms with Crippen LogP contribution < -0.4 is 0 Å². The average molecular weight is 779 g/mol. The van der Waals surface area contributed by atoms with Crippen molar-refractivity contribution in [3.05, 3.63) is 0 Å². The van der Waals surface area contributed by atoms with E-state index in [1.165, 1.54) is 154 Å². The zero-order valence-corrected chi connectivity index (χ0v) is 37.6. The molecule has 0 saturated heterocycles. The van der Waals surface area contributed by atoms with Crippen molar-refractivity contribution in [3.63, 3.8) is 0 Å². The van der Waals surface area contributed by atoms with Gasteiger partial charge in [0.1, 0.15) is 13.2 Å². The van der Waals surface area contributed by atoms with Crippen molar-refractivity contribution in [1.29, 1.82) is 0 Å². The van der Waals surface area contributed by atoms with E-state index in [2.05, 4.69) is 34.6 Å². The summed E-state index contributed by atoms with van der Waals surface area (Å²) < 4.78 is 16.7. The summed E-state index contributed by atoms with van der Waals surface area (Å²) in [5, 5.41) is 0. The molecule has 0 N–H and O–H groups in total. The third-order valence-corrected chi connectivity index (χ3v) is 11.3. The van der Waals surface area contributed by atoms with Crippen molar-refractivity contribution in [2.45, 2.75) is 272 Å². The number of carbonyl (C=O) groups excluding carboxylic acids is 3. The Morgan fingerprint density at radius 3 is 1.04 bits per heavy atom. The maximum Gasteiger partial charge on any atom is 0.306 e. The van der Waals surface area contributed by atoms with E-state index in [1.54, 1.807) is 0 Å². The molecule has 0 aliphatic heterocycles. The number of esters is 3. The molecular formula is C49H94O6. The number of ether oxygens (including phenoxy) is 3. The predicted octanol–water partition coefficient (Wildman–Crippen LogP) is 15.4.